The number of carboxylic acids is 1. The van der Waals surface area contributed by atoms with Gasteiger partial charge in [0, 0.05) is 0 Å². The monoisotopic (exact) mass is 290 g/mol. The highest BCUT2D eigenvalue weighted by Crippen LogP contribution is 2.26. The third-order valence-corrected chi connectivity index (χ3v) is 2.97. The summed E-state index contributed by atoms with van der Waals surface area (Å²) in [5.74, 6) is -0.924. The van der Waals surface area contributed by atoms with Gasteiger partial charge in [-0.25, -0.2) is 4.79 Å². The largest absolute Gasteiger partial charge is 0.504 e. The van der Waals surface area contributed by atoms with Crippen molar-refractivity contribution in [2.75, 3.05) is 6.61 Å². The van der Waals surface area contributed by atoms with Crippen LogP contribution in [-0.4, -0.2) is 22.8 Å². The molecule has 0 atom stereocenters. The molecule has 0 aromatic heterocycles. The van der Waals surface area contributed by atoms with Crippen molar-refractivity contribution in [1.29, 1.82) is 0 Å². The summed E-state index contributed by atoms with van der Waals surface area (Å²) >= 11 is 0. The van der Waals surface area contributed by atoms with Crippen LogP contribution in [-0.2, 0) is 0 Å². The molecule has 0 saturated carbocycles. The second-order valence-corrected chi connectivity index (χ2v) is 5.17. The van der Waals surface area contributed by atoms with Crippen LogP contribution in [0, 0.1) is 0 Å². The summed E-state index contributed by atoms with van der Waals surface area (Å²) < 4.78 is 5.42. The maximum Gasteiger partial charge on any atom is 0.335 e. The molecule has 0 fully saturated rings. The molecule has 4 nitrogen and oxygen atoms in total. The molecular formula is C17H22O4. The standard InChI is InChI=1S/C17H22O4/c1-12(2)5-4-6-13(3)9-10-21-16-11-14(17(19)20)7-8-15(16)18/h5,7-9,11,18H,4,6,10H2,1-3H3,(H,19,20)/b13-9+. The van der Waals surface area contributed by atoms with Crippen molar-refractivity contribution in [1.82, 2.24) is 0 Å². The van der Waals surface area contributed by atoms with E-state index in [-0.39, 0.29) is 17.1 Å². The van der Waals surface area contributed by atoms with E-state index in [1.807, 2.05) is 13.0 Å². The predicted octanol–water partition coefficient (Wildman–Crippen LogP) is 4.16. The van der Waals surface area contributed by atoms with E-state index in [0.717, 1.165) is 12.8 Å². The Morgan fingerprint density at radius 3 is 2.57 bits per heavy atom. The number of hydrogen-bond acceptors (Lipinski definition) is 3. The Hall–Kier alpha value is -2.23. The van der Waals surface area contributed by atoms with E-state index in [1.54, 1.807) is 0 Å². The smallest absolute Gasteiger partial charge is 0.335 e. The molecule has 0 bridgehead atoms. The molecule has 0 heterocycles. The Kier molecular flexibility index (Phi) is 6.53. The summed E-state index contributed by atoms with van der Waals surface area (Å²) in [6, 6.07) is 3.99. The van der Waals surface area contributed by atoms with Crippen molar-refractivity contribution in [2.24, 2.45) is 0 Å². The second-order valence-electron chi connectivity index (χ2n) is 5.17. The molecule has 0 saturated heterocycles. The number of benzene rings is 1. The SMILES string of the molecule is CC(C)=CCC/C(C)=C/COc1cc(C(=O)O)ccc1O. The maximum atomic E-state index is 10.9. The summed E-state index contributed by atoms with van der Waals surface area (Å²) in [5.41, 5.74) is 2.59. The van der Waals surface area contributed by atoms with Crippen molar-refractivity contribution < 1.29 is 19.7 Å². The van der Waals surface area contributed by atoms with Crippen LogP contribution >= 0.6 is 0 Å². The lowest BCUT2D eigenvalue weighted by Crippen LogP contribution is -1.99. The molecule has 4 heteroatoms. The average Bonchev–Trinajstić information content (AvgIpc) is 2.40. The Morgan fingerprint density at radius 2 is 1.95 bits per heavy atom. The number of aromatic hydroxyl groups is 1. The van der Waals surface area contributed by atoms with Crippen LogP contribution < -0.4 is 4.74 Å². The van der Waals surface area contributed by atoms with Gasteiger partial charge in [-0.1, -0.05) is 17.2 Å². The molecule has 2 N–H and O–H groups in total. The zero-order valence-corrected chi connectivity index (χ0v) is 12.7. The van der Waals surface area contributed by atoms with Crippen molar-refractivity contribution in [2.45, 2.75) is 33.6 Å². The molecule has 21 heavy (non-hydrogen) atoms. The van der Waals surface area contributed by atoms with Gasteiger partial charge in [0.2, 0.25) is 0 Å². The molecule has 0 aliphatic carbocycles. The molecular weight excluding hydrogens is 268 g/mol. The minimum absolute atomic E-state index is 0.0596. The molecule has 0 unspecified atom stereocenters. The van der Waals surface area contributed by atoms with Gasteiger partial charge in [0.15, 0.2) is 11.5 Å². The van der Waals surface area contributed by atoms with Crippen LogP contribution in [0.25, 0.3) is 0 Å². The lowest BCUT2D eigenvalue weighted by Gasteiger charge is -2.07. The summed E-state index contributed by atoms with van der Waals surface area (Å²) in [4.78, 5) is 10.9. The van der Waals surface area contributed by atoms with Crippen molar-refractivity contribution in [3.05, 3.63) is 47.1 Å². The third-order valence-electron chi connectivity index (χ3n) is 2.97. The van der Waals surface area contributed by atoms with Gasteiger partial charge < -0.3 is 14.9 Å². The summed E-state index contributed by atoms with van der Waals surface area (Å²) in [5, 5.41) is 18.5. The molecule has 1 aromatic carbocycles. The van der Waals surface area contributed by atoms with E-state index < -0.39 is 5.97 Å². The zero-order chi connectivity index (χ0) is 15.8. The van der Waals surface area contributed by atoms with E-state index in [0.29, 0.717) is 6.61 Å². The topological polar surface area (TPSA) is 66.8 Å². The number of carbonyl (C=O) groups is 1. The first-order chi connectivity index (χ1) is 9.90. The minimum atomic E-state index is -1.05. The van der Waals surface area contributed by atoms with Gasteiger partial charge in [-0.15, -0.1) is 0 Å². The Balaban J connectivity index is 2.57. The average molecular weight is 290 g/mol. The fourth-order valence-electron chi connectivity index (χ4n) is 1.73. The van der Waals surface area contributed by atoms with Gasteiger partial charge in [0.25, 0.3) is 0 Å². The van der Waals surface area contributed by atoms with E-state index in [2.05, 4.69) is 19.9 Å². The second kappa shape index (κ2) is 8.15. The normalized spacial score (nSPS) is 11.1. The van der Waals surface area contributed by atoms with Crippen molar-refractivity contribution in [3.8, 4) is 11.5 Å². The number of aromatic carboxylic acids is 1. The highest BCUT2D eigenvalue weighted by Gasteiger charge is 2.08. The van der Waals surface area contributed by atoms with E-state index in [4.69, 9.17) is 9.84 Å². The number of rotatable bonds is 7. The quantitative estimate of drug-likeness (QED) is 0.740. The number of phenols is 1. The van der Waals surface area contributed by atoms with Crippen LogP contribution in [0.4, 0.5) is 0 Å². The molecule has 1 rings (SSSR count). The molecule has 0 aliphatic rings. The van der Waals surface area contributed by atoms with E-state index in [1.165, 1.54) is 29.3 Å². The first-order valence-corrected chi connectivity index (χ1v) is 6.88. The molecule has 0 aliphatic heterocycles. The molecule has 0 spiro atoms. The van der Waals surface area contributed by atoms with Gasteiger partial charge in [0.05, 0.1) is 5.56 Å². The number of ether oxygens (including phenoxy) is 1. The number of allylic oxidation sites excluding steroid dienone is 3. The fourth-order valence-corrected chi connectivity index (χ4v) is 1.73. The predicted molar refractivity (Wildman–Crippen MR) is 83.0 cm³/mol. The Morgan fingerprint density at radius 1 is 1.24 bits per heavy atom. The van der Waals surface area contributed by atoms with Crippen molar-refractivity contribution in [3.63, 3.8) is 0 Å². The van der Waals surface area contributed by atoms with E-state index in [9.17, 15) is 9.90 Å². The minimum Gasteiger partial charge on any atom is -0.504 e. The first kappa shape index (κ1) is 16.8. The summed E-state index contributed by atoms with van der Waals surface area (Å²) in [6.07, 6.45) is 6.06. The zero-order valence-electron chi connectivity index (χ0n) is 12.7. The third kappa shape index (κ3) is 6.17. The summed E-state index contributed by atoms with van der Waals surface area (Å²) in [6.45, 7) is 6.47. The van der Waals surface area contributed by atoms with E-state index >= 15 is 0 Å². The molecule has 1 aromatic rings. The summed E-state index contributed by atoms with van der Waals surface area (Å²) in [7, 11) is 0. The van der Waals surface area contributed by atoms with Crippen LogP contribution in [0.1, 0.15) is 44.0 Å². The molecule has 0 amide bonds. The lowest BCUT2D eigenvalue weighted by molar-refractivity contribution is 0.0696. The van der Waals surface area contributed by atoms with Gasteiger partial charge in [-0.2, -0.15) is 0 Å². The number of hydrogen-bond donors (Lipinski definition) is 2. The highest BCUT2D eigenvalue weighted by molar-refractivity contribution is 5.88. The Bertz CT molecular complexity index is 552. The van der Waals surface area contributed by atoms with Crippen molar-refractivity contribution >= 4 is 5.97 Å². The van der Waals surface area contributed by atoms with Gasteiger partial charge in [-0.3, -0.25) is 0 Å². The van der Waals surface area contributed by atoms with Crippen LogP contribution in [0.15, 0.2) is 41.5 Å². The van der Waals surface area contributed by atoms with Gasteiger partial charge >= 0.3 is 5.97 Å². The van der Waals surface area contributed by atoms with Crippen LogP contribution in [0.5, 0.6) is 11.5 Å². The maximum absolute atomic E-state index is 10.9. The number of carboxylic acid groups (broad SMARTS) is 1. The van der Waals surface area contributed by atoms with Crippen LogP contribution in [0.3, 0.4) is 0 Å². The highest BCUT2D eigenvalue weighted by atomic mass is 16.5. The Labute approximate surface area is 125 Å². The molecule has 114 valence electrons. The van der Waals surface area contributed by atoms with Crippen LogP contribution in [0.2, 0.25) is 0 Å². The fraction of sp³-hybridized carbons (Fsp3) is 0.353. The lowest BCUT2D eigenvalue weighted by atomic mass is 10.1. The van der Waals surface area contributed by atoms with Gasteiger partial charge in [0.1, 0.15) is 6.61 Å². The first-order valence-electron chi connectivity index (χ1n) is 6.88. The molecule has 0 radical (unpaired) electrons. The van der Waals surface area contributed by atoms with Gasteiger partial charge in [-0.05, 0) is 57.9 Å². The number of phenolic OH excluding ortho intramolecular Hbond substituents is 1.